The normalized spacial score (nSPS) is 14.9. The number of piperidine rings is 1. The maximum Gasteiger partial charge on any atom is 0.320 e. The van der Waals surface area contributed by atoms with Gasteiger partial charge in [-0.05, 0) is 61.8 Å². The number of benzene rings is 2. The number of hydrogen-bond acceptors (Lipinski definition) is 2. The molecule has 2 aromatic carbocycles. The zero-order valence-corrected chi connectivity index (χ0v) is 15.7. The Labute approximate surface area is 156 Å². The second kappa shape index (κ2) is 8.75. The highest BCUT2D eigenvalue weighted by Gasteiger charge is 2.22. The molecule has 1 fully saturated rings. The molecule has 1 N–H and O–H groups in total. The summed E-state index contributed by atoms with van der Waals surface area (Å²) in [4.78, 5) is 14.2. The van der Waals surface area contributed by atoms with Gasteiger partial charge in [-0.3, -0.25) is 0 Å². The van der Waals surface area contributed by atoms with Gasteiger partial charge in [-0.15, -0.1) is 0 Å². The van der Waals surface area contributed by atoms with E-state index in [1.54, 1.807) is 0 Å². The second-order valence-electron chi connectivity index (χ2n) is 7.09. The van der Waals surface area contributed by atoms with Crippen molar-refractivity contribution in [2.24, 2.45) is 5.92 Å². The number of rotatable bonds is 5. The summed E-state index contributed by atoms with van der Waals surface area (Å²) < 4.78 is 5.72. The van der Waals surface area contributed by atoms with Gasteiger partial charge in [-0.2, -0.15) is 0 Å². The van der Waals surface area contributed by atoms with Gasteiger partial charge in [-0.1, -0.05) is 42.5 Å². The molecule has 1 aliphatic heterocycles. The zero-order valence-electron chi connectivity index (χ0n) is 15.7. The molecular weight excluding hydrogens is 324 g/mol. The minimum absolute atomic E-state index is 0.0338. The maximum absolute atomic E-state index is 12.3. The fraction of sp³-hybridized carbons (Fsp3) is 0.409. The summed E-state index contributed by atoms with van der Waals surface area (Å²) in [7, 11) is 0. The molecule has 1 aliphatic rings. The van der Waals surface area contributed by atoms with Crippen LogP contribution in [0.2, 0.25) is 0 Å². The lowest BCUT2D eigenvalue weighted by molar-refractivity contribution is 0.160. The zero-order chi connectivity index (χ0) is 18.4. The molecule has 0 atom stereocenters. The molecule has 138 valence electrons. The predicted octanol–water partition coefficient (Wildman–Crippen LogP) is 4.30. The third kappa shape index (κ3) is 4.78. The van der Waals surface area contributed by atoms with Crippen LogP contribution in [0.15, 0.2) is 48.5 Å². The number of urea groups is 1. The number of aryl methyl sites for hydroxylation is 1. The van der Waals surface area contributed by atoms with Gasteiger partial charge in [0.1, 0.15) is 5.75 Å². The van der Waals surface area contributed by atoms with Crippen LogP contribution in [0.4, 0.5) is 4.79 Å². The summed E-state index contributed by atoms with van der Waals surface area (Å²) in [5, 5.41) is 2.88. The van der Waals surface area contributed by atoms with E-state index in [1.807, 2.05) is 24.0 Å². The highest BCUT2D eigenvalue weighted by atomic mass is 16.5. The minimum Gasteiger partial charge on any atom is -0.473 e. The summed E-state index contributed by atoms with van der Waals surface area (Å²) in [5.41, 5.74) is 3.69. The van der Waals surface area contributed by atoms with E-state index in [-0.39, 0.29) is 12.8 Å². The Bertz CT molecular complexity index is 722. The van der Waals surface area contributed by atoms with Crippen LogP contribution < -0.4 is 10.1 Å². The first kappa shape index (κ1) is 18.3. The van der Waals surface area contributed by atoms with Crippen molar-refractivity contribution >= 4 is 6.03 Å². The van der Waals surface area contributed by atoms with E-state index in [4.69, 9.17) is 4.74 Å². The largest absolute Gasteiger partial charge is 0.473 e. The molecular formula is C22H28N2O2. The second-order valence-corrected chi connectivity index (χ2v) is 7.09. The first-order valence-corrected chi connectivity index (χ1v) is 9.39. The van der Waals surface area contributed by atoms with Crippen molar-refractivity contribution in [1.82, 2.24) is 10.2 Å². The first-order valence-electron chi connectivity index (χ1n) is 9.39. The van der Waals surface area contributed by atoms with Gasteiger partial charge in [-0.25, -0.2) is 4.79 Å². The molecule has 4 nitrogen and oxygen atoms in total. The topological polar surface area (TPSA) is 41.6 Å². The van der Waals surface area contributed by atoms with Crippen LogP contribution in [0.3, 0.4) is 0 Å². The van der Waals surface area contributed by atoms with Crippen LogP contribution in [-0.2, 0) is 6.42 Å². The molecule has 3 rings (SSSR count). The van der Waals surface area contributed by atoms with Crippen LogP contribution in [0.1, 0.15) is 29.5 Å². The lowest BCUT2D eigenvalue weighted by atomic mass is 9.90. The van der Waals surface area contributed by atoms with E-state index < -0.39 is 0 Å². The Morgan fingerprint density at radius 1 is 1.08 bits per heavy atom. The lowest BCUT2D eigenvalue weighted by Crippen LogP contribution is -2.45. The molecule has 0 unspecified atom stereocenters. The summed E-state index contributed by atoms with van der Waals surface area (Å²) in [5.74, 6) is 1.49. The van der Waals surface area contributed by atoms with E-state index in [0.29, 0.717) is 5.92 Å². The Hall–Kier alpha value is -2.49. The number of nitrogens with zero attached hydrogens (tertiary/aromatic N) is 1. The quantitative estimate of drug-likeness (QED) is 0.815. The third-order valence-electron chi connectivity index (χ3n) is 5.27. The Kier molecular flexibility index (Phi) is 6.16. The van der Waals surface area contributed by atoms with Gasteiger partial charge in [0.25, 0.3) is 0 Å². The van der Waals surface area contributed by atoms with Crippen LogP contribution in [0.25, 0.3) is 0 Å². The lowest BCUT2D eigenvalue weighted by Gasteiger charge is -2.32. The molecule has 1 heterocycles. The van der Waals surface area contributed by atoms with Crippen molar-refractivity contribution < 1.29 is 9.53 Å². The van der Waals surface area contributed by atoms with Gasteiger partial charge in [0, 0.05) is 13.1 Å². The number of hydrogen-bond donors (Lipinski definition) is 1. The number of carbonyl (C=O) groups excluding carboxylic acids is 1. The molecule has 2 amide bonds. The fourth-order valence-corrected chi connectivity index (χ4v) is 3.46. The molecule has 0 radical (unpaired) electrons. The van der Waals surface area contributed by atoms with Crippen LogP contribution >= 0.6 is 0 Å². The van der Waals surface area contributed by atoms with Gasteiger partial charge in [0.15, 0.2) is 6.73 Å². The predicted molar refractivity (Wildman–Crippen MR) is 104 cm³/mol. The Morgan fingerprint density at radius 3 is 2.54 bits per heavy atom. The first-order chi connectivity index (χ1) is 12.6. The van der Waals surface area contributed by atoms with E-state index >= 15 is 0 Å². The molecule has 26 heavy (non-hydrogen) atoms. The van der Waals surface area contributed by atoms with Crippen molar-refractivity contribution in [1.29, 1.82) is 0 Å². The van der Waals surface area contributed by atoms with E-state index in [1.165, 1.54) is 11.1 Å². The number of carbonyl (C=O) groups is 1. The molecule has 0 bridgehead atoms. The van der Waals surface area contributed by atoms with E-state index in [2.05, 4.69) is 48.6 Å². The number of amides is 2. The Morgan fingerprint density at radius 2 is 1.81 bits per heavy atom. The SMILES string of the molecule is Cc1cccc(OCNC(=O)N2CCC(Cc3ccccc3)CC2)c1C. The van der Waals surface area contributed by atoms with Crippen molar-refractivity contribution in [2.45, 2.75) is 33.1 Å². The third-order valence-corrected chi connectivity index (χ3v) is 5.27. The highest BCUT2D eigenvalue weighted by molar-refractivity contribution is 5.74. The van der Waals surface area contributed by atoms with Crippen LogP contribution in [-0.4, -0.2) is 30.8 Å². The molecule has 0 aromatic heterocycles. The number of nitrogens with one attached hydrogen (secondary N) is 1. The van der Waals surface area contributed by atoms with Crippen LogP contribution in [0, 0.1) is 19.8 Å². The van der Waals surface area contributed by atoms with Gasteiger partial charge < -0.3 is 15.0 Å². The summed E-state index contributed by atoms with van der Waals surface area (Å²) in [6.07, 6.45) is 3.21. The van der Waals surface area contributed by atoms with Gasteiger partial charge in [0.05, 0.1) is 0 Å². The summed E-state index contributed by atoms with van der Waals surface area (Å²) in [6, 6.07) is 16.5. The fourth-order valence-electron chi connectivity index (χ4n) is 3.46. The molecule has 1 saturated heterocycles. The number of likely N-dealkylation sites (tertiary alicyclic amines) is 1. The molecule has 4 heteroatoms. The van der Waals surface area contributed by atoms with Gasteiger partial charge in [0.2, 0.25) is 0 Å². The average molecular weight is 352 g/mol. The molecule has 0 saturated carbocycles. The molecule has 2 aromatic rings. The summed E-state index contributed by atoms with van der Waals surface area (Å²) in [6.45, 7) is 5.91. The van der Waals surface area contributed by atoms with Crippen LogP contribution in [0.5, 0.6) is 5.75 Å². The minimum atomic E-state index is -0.0338. The van der Waals surface area contributed by atoms with Crippen molar-refractivity contribution in [3.05, 3.63) is 65.2 Å². The van der Waals surface area contributed by atoms with Crippen molar-refractivity contribution in [3.8, 4) is 5.75 Å². The number of ether oxygens (including phenoxy) is 1. The molecule has 0 aliphatic carbocycles. The smallest absolute Gasteiger partial charge is 0.320 e. The van der Waals surface area contributed by atoms with Crippen molar-refractivity contribution in [3.63, 3.8) is 0 Å². The average Bonchev–Trinajstić information content (AvgIpc) is 2.66. The molecule has 0 spiro atoms. The maximum atomic E-state index is 12.3. The van der Waals surface area contributed by atoms with Crippen molar-refractivity contribution in [2.75, 3.05) is 19.8 Å². The summed E-state index contributed by atoms with van der Waals surface area (Å²) >= 11 is 0. The highest BCUT2D eigenvalue weighted by Crippen LogP contribution is 2.22. The van der Waals surface area contributed by atoms with E-state index in [0.717, 1.165) is 43.7 Å². The monoisotopic (exact) mass is 352 g/mol. The standard InChI is InChI=1S/C22H28N2O2/c1-17-7-6-10-21(18(17)2)26-16-23-22(25)24-13-11-20(12-14-24)15-19-8-4-3-5-9-19/h3-10,20H,11-16H2,1-2H3,(H,23,25). The Balaban J connectivity index is 1.40. The van der Waals surface area contributed by atoms with Gasteiger partial charge >= 0.3 is 6.03 Å². The van der Waals surface area contributed by atoms with E-state index in [9.17, 15) is 4.79 Å².